The van der Waals surface area contributed by atoms with Gasteiger partial charge in [0.2, 0.25) is 0 Å². The van der Waals surface area contributed by atoms with Gasteiger partial charge in [-0.15, -0.1) is 0 Å². The third kappa shape index (κ3) is 3.40. The highest BCUT2D eigenvalue weighted by Gasteiger charge is 2.16. The number of anilines is 1. The smallest absolute Gasteiger partial charge is 0.344 e. The lowest BCUT2D eigenvalue weighted by atomic mass is 9.93. The van der Waals surface area contributed by atoms with Crippen LogP contribution in [0.25, 0.3) is 65.7 Å². The zero-order chi connectivity index (χ0) is 25.1. The van der Waals surface area contributed by atoms with Crippen molar-refractivity contribution in [3.05, 3.63) is 124 Å². The summed E-state index contributed by atoms with van der Waals surface area (Å²) in [5.41, 5.74) is 8.87. The maximum absolute atomic E-state index is 13.2. The molecule has 0 unspecified atom stereocenters. The number of fused-ring (bicyclic) bond motifs is 4. The molecule has 5 heteroatoms. The second-order valence-corrected chi connectivity index (χ2v) is 9.14. The van der Waals surface area contributed by atoms with Crippen LogP contribution in [0.15, 0.2) is 122 Å². The Hall–Kier alpha value is -5.16. The first-order chi connectivity index (χ1) is 18.0. The van der Waals surface area contributed by atoms with E-state index in [0.29, 0.717) is 28.0 Å². The van der Waals surface area contributed by atoms with Crippen LogP contribution in [-0.4, -0.2) is 0 Å². The number of rotatable bonds is 2. The molecule has 7 rings (SSSR count). The Morgan fingerprint density at radius 2 is 1.03 bits per heavy atom. The number of hydrogen-bond acceptors (Lipinski definition) is 5. The predicted molar refractivity (Wildman–Crippen MR) is 149 cm³/mol. The highest BCUT2D eigenvalue weighted by molar-refractivity contribution is 6.06. The summed E-state index contributed by atoms with van der Waals surface area (Å²) in [6.07, 6.45) is 0. The van der Waals surface area contributed by atoms with Crippen LogP contribution in [0.4, 0.5) is 5.69 Å². The topological polar surface area (TPSA) is 86.4 Å². The molecule has 2 N–H and O–H groups in total. The molecule has 2 aromatic heterocycles. The normalized spacial score (nSPS) is 11.6. The Bertz CT molecular complexity index is 2150. The van der Waals surface area contributed by atoms with E-state index in [-0.39, 0.29) is 0 Å². The highest BCUT2D eigenvalue weighted by Crippen LogP contribution is 2.35. The number of hydrogen-bond donors (Lipinski definition) is 1. The van der Waals surface area contributed by atoms with Gasteiger partial charge in [0.05, 0.1) is 11.1 Å². The zero-order valence-corrected chi connectivity index (χ0v) is 19.5. The number of nitrogens with two attached hydrogens (primary N) is 1. The third-order valence-corrected chi connectivity index (χ3v) is 6.86. The molecule has 0 bridgehead atoms. The van der Waals surface area contributed by atoms with Crippen molar-refractivity contribution in [1.82, 2.24) is 0 Å². The Morgan fingerprint density at radius 3 is 1.68 bits per heavy atom. The summed E-state index contributed by atoms with van der Waals surface area (Å²) in [7, 11) is 0. The van der Waals surface area contributed by atoms with E-state index < -0.39 is 11.3 Å². The lowest BCUT2D eigenvalue weighted by Gasteiger charge is -2.11. The van der Waals surface area contributed by atoms with E-state index >= 15 is 0 Å². The fraction of sp³-hybridized carbons (Fsp3) is 0. The van der Waals surface area contributed by atoms with Crippen molar-refractivity contribution in [2.75, 3.05) is 5.73 Å². The summed E-state index contributed by atoms with van der Waals surface area (Å²) < 4.78 is 11.4. The number of nitrogen functional groups attached to an aromatic ring is 1. The summed E-state index contributed by atoms with van der Waals surface area (Å²) in [6.45, 7) is 0. The first kappa shape index (κ1) is 21.1. The highest BCUT2D eigenvalue weighted by atomic mass is 16.4. The van der Waals surface area contributed by atoms with Crippen LogP contribution < -0.4 is 17.0 Å². The average molecular weight is 482 g/mol. The van der Waals surface area contributed by atoms with Crippen molar-refractivity contribution in [3.8, 4) is 22.3 Å². The maximum Gasteiger partial charge on any atom is 0.344 e. The first-order valence-corrected chi connectivity index (χ1v) is 11.9. The van der Waals surface area contributed by atoms with Crippen LogP contribution in [0.5, 0.6) is 0 Å². The molecular weight excluding hydrogens is 462 g/mol. The molecule has 0 spiro atoms. The molecule has 5 aromatic carbocycles. The number of benzene rings is 5. The van der Waals surface area contributed by atoms with Gasteiger partial charge in [0.15, 0.2) is 0 Å². The lowest BCUT2D eigenvalue weighted by molar-refractivity contribution is 0.563. The SMILES string of the molecule is Nc1ccc2cc(-c3cccc4c(-c5cc6cc7ccccc7cc6oc5=O)cccc34)c(=O)oc2c1. The van der Waals surface area contributed by atoms with Gasteiger partial charge in [-0.1, -0.05) is 60.7 Å². The molecular formula is C32H19NO4. The quantitative estimate of drug-likeness (QED) is 0.161. The van der Waals surface area contributed by atoms with Crippen molar-refractivity contribution in [2.45, 2.75) is 0 Å². The largest absolute Gasteiger partial charge is 0.422 e. The van der Waals surface area contributed by atoms with Crippen molar-refractivity contribution < 1.29 is 8.83 Å². The molecule has 0 saturated carbocycles. The summed E-state index contributed by atoms with van der Waals surface area (Å²) in [5.74, 6) is 0. The van der Waals surface area contributed by atoms with E-state index in [9.17, 15) is 9.59 Å². The van der Waals surface area contributed by atoms with Crippen LogP contribution >= 0.6 is 0 Å². The molecule has 0 saturated heterocycles. The van der Waals surface area contributed by atoms with Gasteiger partial charge in [0.1, 0.15) is 11.2 Å². The molecule has 7 aromatic rings. The average Bonchev–Trinajstić information content (AvgIpc) is 2.90. The molecule has 0 aliphatic carbocycles. The summed E-state index contributed by atoms with van der Waals surface area (Å²) in [6, 6.07) is 32.3. The van der Waals surface area contributed by atoms with Crippen molar-refractivity contribution in [1.29, 1.82) is 0 Å². The van der Waals surface area contributed by atoms with E-state index in [1.165, 1.54) is 0 Å². The molecule has 2 heterocycles. The van der Waals surface area contributed by atoms with Crippen LogP contribution in [-0.2, 0) is 0 Å². The minimum atomic E-state index is -0.451. The van der Waals surface area contributed by atoms with Crippen LogP contribution in [0.3, 0.4) is 0 Å². The monoisotopic (exact) mass is 481 g/mol. The summed E-state index contributed by atoms with van der Waals surface area (Å²) >= 11 is 0. The third-order valence-electron chi connectivity index (χ3n) is 6.86. The van der Waals surface area contributed by atoms with Gasteiger partial charge >= 0.3 is 11.3 Å². The summed E-state index contributed by atoms with van der Waals surface area (Å²) in [5, 5.41) is 5.37. The zero-order valence-electron chi connectivity index (χ0n) is 19.5. The van der Waals surface area contributed by atoms with Gasteiger partial charge in [0.25, 0.3) is 0 Å². The standard InChI is InChI=1S/C32H19NO4/c33-22-12-11-20-14-27(31(34)37-30(20)17-22)25-9-3-8-24-23(25)7-4-10-26(24)28-15-21-13-18-5-1-2-6-19(18)16-29(21)36-32(28)35/h1-17H,33H2. The Morgan fingerprint density at radius 1 is 0.459 bits per heavy atom. The minimum absolute atomic E-state index is 0.413. The van der Waals surface area contributed by atoms with E-state index in [1.54, 1.807) is 12.1 Å². The van der Waals surface area contributed by atoms with Gasteiger partial charge in [0, 0.05) is 22.5 Å². The van der Waals surface area contributed by atoms with Gasteiger partial charge in [-0.05, 0) is 69.1 Å². The Balaban J connectivity index is 1.46. The van der Waals surface area contributed by atoms with Crippen molar-refractivity contribution in [3.63, 3.8) is 0 Å². The first-order valence-electron chi connectivity index (χ1n) is 11.9. The molecule has 0 fully saturated rings. The molecule has 5 nitrogen and oxygen atoms in total. The second kappa shape index (κ2) is 7.93. The van der Waals surface area contributed by atoms with Gasteiger partial charge in [-0.2, -0.15) is 0 Å². The van der Waals surface area contributed by atoms with Crippen molar-refractivity contribution in [2.24, 2.45) is 0 Å². The van der Waals surface area contributed by atoms with Crippen molar-refractivity contribution >= 4 is 49.2 Å². The molecule has 0 atom stereocenters. The molecule has 176 valence electrons. The van der Waals surface area contributed by atoms with E-state index in [2.05, 4.69) is 0 Å². The van der Waals surface area contributed by atoms with Gasteiger partial charge in [-0.25, -0.2) is 9.59 Å². The van der Waals surface area contributed by atoms with E-state index in [4.69, 9.17) is 14.6 Å². The molecule has 0 radical (unpaired) electrons. The van der Waals surface area contributed by atoms with Crippen LogP contribution in [0, 0.1) is 0 Å². The Kier molecular flexibility index (Phi) is 4.53. The molecule has 0 amide bonds. The fourth-order valence-electron chi connectivity index (χ4n) is 5.09. The molecule has 0 aliphatic heterocycles. The van der Waals surface area contributed by atoms with E-state index in [0.717, 1.165) is 43.4 Å². The fourth-order valence-corrected chi connectivity index (χ4v) is 5.09. The Labute approximate surface area is 210 Å². The van der Waals surface area contributed by atoms with Gasteiger partial charge < -0.3 is 14.6 Å². The molecule has 0 aliphatic rings. The van der Waals surface area contributed by atoms with Crippen LogP contribution in [0.1, 0.15) is 0 Å². The predicted octanol–water partition coefficient (Wildman–Crippen LogP) is 7.12. The second-order valence-electron chi connectivity index (χ2n) is 9.14. The van der Waals surface area contributed by atoms with E-state index in [1.807, 2.05) is 91.0 Å². The van der Waals surface area contributed by atoms with Crippen LogP contribution in [0.2, 0.25) is 0 Å². The molecule has 37 heavy (non-hydrogen) atoms. The lowest BCUT2D eigenvalue weighted by Crippen LogP contribution is -2.04. The maximum atomic E-state index is 13.2. The van der Waals surface area contributed by atoms with Gasteiger partial charge in [-0.3, -0.25) is 0 Å². The summed E-state index contributed by atoms with van der Waals surface area (Å²) in [4.78, 5) is 26.1. The minimum Gasteiger partial charge on any atom is -0.422 e.